The van der Waals surface area contributed by atoms with Gasteiger partial charge in [0.05, 0.1) is 5.60 Å². The summed E-state index contributed by atoms with van der Waals surface area (Å²) in [4.78, 5) is 0. The molecule has 2 rings (SSSR count). The van der Waals surface area contributed by atoms with E-state index in [1.807, 2.05) is 0 Å². The summed E-state index contributed by atoms with van der Waals surface area (Å²) < 4.78 is 13.1. The zero-order valence-electron chi connectivity index (χ0n) is 10.2. The highest BCUT2D eigenvalue weighted by atomic mass is 19.1. The van der Waals surface area contributed by atoms with Crippen LogP contribution in [0.3, 0.4) is 0 Å². The highest BCUT2D eigenvalue weighted by Crippen LogP contribution is 2.23. The lowest BCUT2D eigenvalue weighted by molar-refractivity contribution is 0.0537. The largest absolute Gasteiger partial charge is 0.384 e. The van der Waals surface area contributed by atoms with Gasteiger partial charge in [-0.2, -0.15) is 0 Å². The fourth-order valence-electron chi connectivity index (χ4n) is 2.40. The zero-order chi connectivity index (χ0) is 12.3. The van der Waals surface area contributed by atoms with Crippen LogP contribution in [0, 0.1) is 5.82 Å². The van der Waals surface area contributed by atoms with E-state index in [9.17, 15) is 9.50 Å². The molecule has 0 saturated heterocycles. The van der Waals surface area contributed by atoms with Crippen molar-refractivity contribution in [2.75, 3.05) is 6.54 Å². The lowest BCUT2D eigenvalue weighted by atomic mass is 9.95. The molecule has 0 bridgehead atoms. The predicted molar refractivity (Wildman–Crippen MR) is 66.2 cm³/mol. The van der Waals surface area contributed by atoms with Gasteiger partial charge in [0.1, 0.15) is 5.82 Å². The molecule has 1 saturated carbocycles. The molecular weight excluding hydrogens is 217 g/mol. The summed E-state index contributed by atoms with van der Waals surface area (Å²) in [5.74, 6) is -0.302. The maximum atomic E-state index is 13.1. The molecule has 0 spiro atoms. The van der Waals surface area contributed by atoms with Gasteiger partial charge in [0.15, 0.2) is 0 Å². The van der Waals surface area contributed by atoms with E-state index in [0.29, 0.717) is 18.2 Å². The Balaban J connectivity index is 1.97. The number of hydrogen-bond donors (Lipinski definition) is 2. The van der Waals surface area contributed by atoms with Gasteiger partial charge >= 0.3 is 0 Å². The summed E-state index contributed by atoms with van der Waals surface area (Å²) in [6.07, 6.45) is 4.89. The van der Waals surface area contributed by atoms with Gasteiger partial charge in [0, 0.05) is 12.6 Å². The van der Waals surface area contributed by atoms with Crippen molar-refractivity contribution in [2.24, 2.45) is 0 Å². The van der Waals surface area contributed by atoms with Gasteiger partial charge in [-0.25, -0.2) is 4.39 Å². The Morgan fingerprint density at radius 1 is 1.41 bits per heavy atom. The fraction of sp³-hybridized carbons (Fsp3) is 0.571. The number of halogens is 1. The summed E-state index contributed by atoms with van der Waals surface area (Å²) in [5, 5.41) is 13.7. The minimum Gasteiger partial charge on any atom is -0.384 e. The van der Waals surface area contributed by atoms with E-state index in [4.69, 9.17) is 0 Å². The van der Waals surface area contributed by atoms with Crippen LogP contribution < -0.4 is 5.32 Å². The van der Waals surface area contributed by atoms with Crippen LogP contribution in [0.2, 0.25) is 0 Å². The van der Waals surface area contributed by atoms with Crippen molar-refractivity contribution in [1.29, 1.82) is 0 Å². The molecule has 1 unspecified atom stereocenters. The lowest BCUT2D eigenvalue weighted by Crippen LogP contribution is -2.39. The van der Waals surface area contributed by atoms with Gasteiger partial charge < -0.3 is 10.4 Å². The van der Waals surface area contributed by atoms with Crippen molar-refractivity contribution in [3.63, 3.8) is 0 Å². The molecule has 0 heterocycles. The van der Waals surface area contributed by atoms with Crippen molar-refractivity contribution in [1.82, 2.24) is 5.32 Å². The first kappa shape index (κ1) is 12.5. The van der Waals surface area contributed by atoms with Crippen LogP contribution in [0.5, 0.6) is 0 Å². The average Bonchev–Trinajstić information content (AvgIpc) is 2.79. The third-order valence-corrected chi connectivity index (χ3v) is 3.54. The molecule has 0 aliphatic heterocycles. The Morgan fingerprint density at radius 2 is 2.12 bits per heavy atom. The van der Waals surface area contributed by atoms with E-state index in [1.165, 1.54) is 37.8 Å². The number of benzene rings is 1. The summed E-state index contributed by atoms with van der Waals surface area (Å²) >= 11 is 0. The van der Waals surface area contributed by atoms with E-state index < -0.39 is 5.60 Å². The fourth-order valence-corrected chi connectivity index (χ4v) is 2.40. The number of nitrogens with one attached hydrogen (secondary N) is 1. The zero-order valence-corrected chi connectivity index (χ0v) is 10.2. The third-order valence-electron chi connectivity index (χ3n) is 3.54. The standard InChI is InChI=1S/C14H20FNO/c1-14(17,10-16-13-7-2-3-8-13)11-5-4-6-12(15)9-11/h4-6,9,13,16-17H,2-3,7-8,10H2,1H3. The molecule has 2 N–H and O–H groups in total. The predicted octanol–water partition coefficient (Wildman–Crippen LogP) is 2.57. The average molecular weight is 237 g/mol. The van der Waals surface area contributed by atoms with E-state index >= 15 is 0 Å². The van der Waals surface area contributed by atoms with Crippen LogP contribution in [0.15, 0.2) is 24.3 Å². The lowest BCUT2D eigenvalue weighted by Gasteiger charge is -2.26. The topological polar surface area (TPSA) is 32.3 Å². The third kappa shape index (κ3) is 3.27. The van der Waals surface area contributed by atoms with Gasteiger partial charge in [0.2, 0.25) is 0 Å². The molecular formula is C14H20FNO. The Morgan fingerprint density at radius 3 is 2.76 bits per heavy atom. The van der Waals surface area contributed by atoms with E-state index in [2.05, 4.69) is 5.32 Å². The minimum atomic E-state index is -1.01. The van der Waals surface area contributed by atoms with Crippen molar-refractivity contribution in [3.8, 4) is 0 Å². The first-order chi connectivity index (χ1) is 8.08. The number of aliphatic hydroxyl groups is 1. The first-order valence-corrected chi connectivity index (χ1v) is 6.30. The van der Waals surface area contributed by atoms with Crippen LogP contribution in [0.25, 0.3) is 0 Å². The van der Waals surface area contributed by atoms with Crippen LogP contribution in [0.1, 0.15) is 38.2 Å². The molecule has 0 radical (unpaired) electrons. The molecule has 1 aromatic carbocycles. The van der Waals surface area contributed by atoms with Crippen LogP contribution in [-0.4, -0.2) is 17.7 Å². The van der Waals surface area contributed by atoms with Crippen LogP contribution in [0.4, 0.5) is 4.39 Å². The van der Waals surface area contributed by atoms with Gasteiger partial charge in [-0.1, -0.05) is 25.0 Å². The Bertz CT molecular complexity index is 372. The van der Waals surface area contributed by atoms with Gasteiger partial charge in [-0.05, 0) is 37.5 Å². The second kappa shape index (κ2) is 5.15. The quantitative estimate of drug-likeness (QED) is 0.843. The summed E-state index contributed by atoms with van der Waals surface area (Å²) in [6, 6.07) is 6.70. The van der Waals surface area contributed by atoms with Gasteiger partial charge in [-0.15, -0.1) is 0 Å². The van der Waals surface area contributed by atoms with Crippen molar-refractivity contribution in [2.45, 2.75) is 44.2 Å². The molecule has 0 aromatic heterocycles. The maximum Gasteiger partial charge on any atom is 0.123 e. The molecule has 1 atom stereocenters. The number of rotatable bonds is 4. The molecule has 94 valence electrons. The molecule has 1 aliphatic rings. The van der Waals surface area contributed by atoms with Crippen LogP contribution in [-0.2, 0) is 5.60 Å². The minimum absolute atomic E-state index is 0.302. The second-order valence-electron chi connectivity index (χ2n) is 5.15. The van der Waals surface area contributed by atoms with E-state index in [0.717, 1.165) is 0 Å². The monoisotopic (exact) mass is 237 g/mol. The van der Waals surface area contributed by atoms with Crippen LogP contribution >= 0.6 is 0 Å². The van der Waals surface area contributed by atoms with Gasteiger partial charge in [0.25, 0.3) is 0 Å². The summed E-state index contributed by atoms with van der Waals surface area (Å²) in [6.45, 7) is 2.20. The molecule has 1 aliphatic carbocycles. The summed E-state index contributed by atoms with van der Waals surface area (Å²) in [5.41, 5.74) is -0.381. The maximum absolute atomic E-state index is 13.1. The SMILES string of the molecule is CC(O)(CNC1CCCC1)c1cccc(F)c1. The molecule has 17 heavy (non-hydrogen) atoms. The van der Waals surface area contributed by atoms with Crippen molar-refractivity contribution >= 4 is 0 Å². The highest BCUT2D eigenvalue weighted by molar-refractivity contribution is 5.22. The van der Waals surface area contributed by atoms with Gasteiger partial charge in [-0.3, -0.25) is 0 Å². The molecule has 3 heteroatoms. The van der Waals surface area contributed by atoms with Crippen molar-refractivity contribution in [3.05, 3.63) is 35.6 Å². The molecule has 0 amide bonds. The first-order valence-electron chi connectivity index (χ1n) is 6.30. The smallest absolute Gasteiger partial charge is 0.123 e. The normalized spacial score (nSPS) is 20.4. The Kier molecular flexibility index (Phi) is 3.79. The molecule has 2 nitrogen and oxygen atoms in total. The van der Waals surface area contributed by atoms with Crippen molar-refractivity contribution < 1.29 is 9.50 Å². The summed E-state index contributed by atoms with van der Waals surface area (Å²) in [7, 11) is 0. The van der Waals surface area contributed by atoms with E-state index in [1.54, 1.807) is 19.1 Å². The molecule has 1 aromatic rings. The van der Waals surface area contributed by atoms with E-state index in [-0.39, 0.29) is 5.82 Å². The highest BCUT2D eigenvalue weighted by Gasteiger charge is 2.25. The Hall–Kier alpha value is -0.930. The second-order valence-corrected chi connectivity index (χ2v) is 5.15. The number of hydrogen-bond acceptors (Lipinski definition) is 2. The molecule has 1 fully saturated rings. The Labute approximate surface area is 102 Å².